The molecule has 2 rings (SSSR count). The molecule has 0 saturated carbocycles. The van der Waals surface area contributed by atoms with Crippen molar-refractivity contribution >= 4 is 40.5 Å². The van der Waals surface area contributed by atoms with Crippen LogP contribution in [0.2, 0.25) is 10.0 Å². The lowest BCUT2D eigenvalue weighted by Gasteiger charge is -2.20. The zero-order valence-electron chi connectivity index (χ0n) is 14.7. The van der Waals surface area contributed by atoms with Crippen molar-refractivity contribution in [2.24, 2.45) is 0 Å². The van der Waals surface area contributed by atoms with Crippen LogP contribution in [0, 0.1) is 6.92 Å². The Morgan fingerprint density at radius 1 is 1.15 bits per heavy atom. The van der Waals surface area contributed by atoms with E-state index in [1.807, 2.05) is 0 Å². The van der Waals surface area contributed by atoms with E-state index < -0.39 is 23.7 Å². The number of nitrogens with one attached hydrogen (secondary N) is 2. The number of methoxy groups -OCH3 is 1. The van der Waals surface area contributed by atoms with Crippen LogP contribution in [-0.4, -0.2) is 19.1 Å². The van der Waals surface area contributed by atoms with Crippen LogP contribution in [-0.2, 0) is 11.0 Å². The molecule has 0 bridgehead atoms. The third kappa shape index (κ3) is 5.20. The number of aryl methyl sites for hydroxylation is 1. The highest BCUT2D eigenvalue weighted by atomic mass is 35.5. The molecule has 9 heteroatoms. The molecule has 0 saturated heterocycles. The van der Waals surface area contributed by atoms with Gasteiger partial charge in [-0.25, -0.2) is 0 Å². The Morgan fingerprint density at radius 2 is 1.81 bits per heavy atom. The molecule has 0 fully saturated rings. The molecule has 2 aromatic carbocycles. The highest BCUT2D eigenvalue weighted by Crippen LogP contribution is 2.37. The Kier molecular flexibility index (Phi) is 6.49. The Hall–Kier alpha value is -2.12. The predicted molar refractivity (Wildman–Crippen MR) is 101 cm³/mol. The SMILES string of the molecule is COc1cc(Cl)c(C)cc1NC(C)C(=O)Nc1ccc(Cl)cc1C(F)(F)F. The summed E-state index contributed by atoms with van der Waals surface area (Å²) in [5.74, 6) is -0.245. The molecular formula is C18H17Cl2F3N2O2. The number of rotatable bonds is 5. The smallest absolute Gasteiger partial charge is 0.418 e. The Bertz CT molecular complexity index is 857. The van der Waals surface area contributed by atoms with E-state index in [9.17, 15) is 18.0 Å². The number of benzene rings is 2. The summed E-state index contributed by atoms with van der Waals surface area (Å²) in [5.41, 5.74) is -0.140. The van der Waals surface area contributed by atoms with Crippen LogP contribution in [0.1, 0.15) is 18.1 Å². The van der Waals surface area contributed by atoms with Crippen molar-refractivity contribution in [2.75, 3.05) is 17.7 Å². The lowest BCUT2D eigenvalue weighted by molar-refractivity contribution is -0.137. The predicted octanol–water partition coefficient (Wildman–Crippen LogP) is 5.77. The normalized spacial score (nSPS) is 12.4. The number of alkyl halides is 3. The number of carbonyl (C=O) groups excluding carboxylic acids is 1. The summed E-state index contributed by atoms with van der Waals surface area (Å²) in [4.78, 5) is 12.4. The van der Waals surface area contributed by atoms with Crippen LogP contribution in [0.4, 0.5) is 24.5 Å². The van der Waals surface area contributed by atoms with E-state index in [0.29, 0.717) is 16.5 Å². The number of hydrogen-bond donors (Lipinski definition) is 2. The summed E-state index contributed by atoms with van der Waals surface area (Å²) in [6, 6.07) is 5.58. The van der Waals surface area contributed by atoms with Gasteiger partial charge in [0.2, 0.25) is 5.91 Å². The molecule has 1 amide bonds. The average Bonchev–Trinajstić information content (AvgIpc) is 2.58. The van der Waals surface area contributed by atoms with E-state index in [2.05, 4.69) is 10.6 Å². The summed E-state index contributed by atoms with van der Waals surface area (Å²) >= 11 is 11.7. The van der Waals surface area contributed by atoms with Crippen molar-refractivity contribution in [1.82, 2.24) is 0 Å². The van der Waals surface area contributed by atoms with Gasteiger partial charge in [0, 0.05) is 16.1 Å². The first-order valence-corrected chi connectivity index (χ1v) is 8.56. The topological polar surface area (TPSA) is 50.4 Å². The molecule has 1 atom stereocenters. The molecule has 27 heavy (non-hydrogen) atoms. The lowest BCUT2D eigenvalue weighted by atomic mass is 10.1. The molecule has 2 N–H and O–H groups in total. The van der Waals surface area contributed by atoms with Gasteiger partial charge in [0.25, 0.3) is 0 Å². The van der Waals surface area contributed by atoms with Gasteiger partial charge in [-0.3, -0.25) is 4.79 Å². The van der Waals surface area contributed by atoms with Gasteiger partial charge in [-0.1, -0.05) is 23.2 Å². The molecule has 0 aliphatic carbocycles. The third-order valence-electron chi connectivity index (χ3n) is 3.79. The average molecular weight is 421 g/mol. The van der Waals surface area contributed by atoms with Crippen LogP contribution in [0.15, 0.2) is 30.3 Å². The first-order valence-electron chi connectivity index (χ1n) is 7.81. The largest absolute Gasteiger partial charge is 0.495 e. The van der Waals surface area contributed by atoms with Crippen molar-refractivity contribution < 1.29 is 22.7 Å². The second-order valence-electron chi connectivity index (χ2n) is 5.84. The number of halogens is 5. The minimum atomic E-state index is -4.65. The minimum Gasteiger partial charge on any atom is -0.495 e. The molecule has 0 aliphatic rings. The monoisotopic (exact) mass is 420 g/mol. The number of carbonyl (C=O) groups is 1. The minimum absolute atomic E-state index is 0.0760. The molecule has 0 spiro atoms. The van der Waals surface area contributed by atoms with E-state index in [-0.39, 0.29) is 10.7 Å². The Labute approximate surface area is 164 Å². The van der Waals surface area contributed by atoms with Gasteiger partial charge in [0.05, 0.1) is 24.0 Å². The maximum Gasteiger partial charge on any atom is 0.418 e. The van der Waals surface area contributed by atoms with Gasteiger partial charge >= 0.3 is 6.18 Å². The van der Waals surface area contributed by atoms with Crippen molar-refractivity contribution in [3.8, 4) is 5.75 Å². The van der Waals surface area contributed by atoms with Crippen molar-refractivity contribution in [3.63, 3.8) is 0 Å². The van der Waals surface area contributed by atoms with Gasteiger partial charge in [0.15, 0.2) is 0 Å². The van der Waals surface area contributed by atoms with Crippen molar-refractivity contribution in [1.29, 1.82) is 0 Å². The maximum atomic E-state index is 13.2. The highest BCUT2D eigenvalue weighted by molar-refractivity contribution is 6.31. The van der Waals surface area contributed by atoms with Crippen LogP contribution >= 0.6 is 23.2 Å². The first kappa shape index (κ1) is 21.2. The van der Waals surface area contributed by atoms with Gasteiger partial charge < -0.3 is 15.4 Å². The molecule has 2 aromatic rings. The molecule has 0 aromatic heterocycles. The molecule has 4 nitrogen and oxygen atoms in total. The van der Waals surface area contributed by atoms with Crippen molar-refractivity contribution in [2.45, 2.75) is 26.1 Å². The van der Waals surface area contributed by atoms with Gasteiger partial charge in [-0.2, -0.15) is 13.2 Å². The van der Waals surface area contributed by atoms with E-state index >= 15 is 0 Å². The summed E-state index contributed by atoms with van der Waals surface area (Å²) in [7, 11) is 1.44. The molecule has 0 aliphatic heterocycles. The van der Waals surface area contributed by atoms with Crippen molar-refractivity contribution in [3.05, 3.63) is 51.5 Å². The lowest BCUT2D eigenvalue weighted by Crippen LogP contribution is -2.32. The fraction of sp³-hybridized carbons (Fsp3) is 0.278. The Morgan fingerprint density at radius 3 is 2.41 bits per heavy atom. The maximum absolute atomic E-state index is 13.2. The fourth-order valence-electron chi connectivity index (χ4n) is 2.34. The Balaban J connectivity index is 2.22. The summed E-state index contributed by atoms with van der Waals surface area (Å²) < 4.78 is 44.7. The quantitative estimate of drug-likeness (QED) is 0.645. The van der Waals surface area contributed by atoms with E-state index in [1.54, 1.807) is 19.1 Å². The van der Waals surface area contributed by atoms with E-state index in [4.69, 9.17) is 27.9 Å². The van der Waals surface area contributed by atoms with Crippen LogP contribution in [0.3, 0.4) is 0 Å². The first-order chi connectivity index (χ1) is 12.5. The molecular weight excluding hydrogens is 404 g/mol. The zero-order chi connectivity index (χ0) is 20.4. The zero-order valence-corrected chi connectivity index (χ0v) is 16.2. The van der Waals surface area contributed by atoms with Gasteiger partial charge in [0.1, 0.15) is 11.8 Å². The number of anilines is 2. The second kappa shape index (κ2) is 8.27. The molecule has 0 heterocycles. The summed E-state index contributed by atoms with van der Waals surface area (Å²) in [5, 5.41) is 5.61. The van der Waals surface area contributed by atoms with E-state index in [0.717, 1.165) is 17.7 Å². The molecule has 146 valence electrons. The standard InChI is InChI=1S/C18H17Cl2F3N2O2/c1-9-6-15(16(27-3)8-13(9)20)24-10(2)17(26)25-14-5-4-11(19)7-12(14)18(21,22)23/h4-8,10,24H,1-3H3,(H,25,26). The van der Waals surface area contributed by atoms with Crippen LogP contribution in [0.25, 0.3) is 0 Å². The summed E-state index contributed by atoms with van der Waals surface area (Å²) in [6.07, 6.45) is -4.65. The number of hydrogen-bond acceptors (Lipinski definition) is 3. The summed E-state index contributed by atoms with van der Waals surface area (Å²) in [6.45, 7) is 3.29. The van der Waals surface area contributed by atoms with Gasteiger partial charge in [-0.05, 0) is 43.7 Å². The number of ether oxygens (including phenoxy) is 1. The van der Waals surface area contributed by atoms with Gasteiger partial charge in [-0.15, -0.1) is 0 Å². The molecule has 0 radical (unpaired) electrons. The second-order valence-corrected chi connectivity index (χ2v) is 6.69. The fourth-order valence-corrected chi connectivity index (χ4v) is 2.67. The van der Waals surface area contributed by atoms with Crippen LogP contribution < -0.4 is 15.4 Å². The number of amides is 1. The van der Waals surface area contributed by atoms with E-state index in [1.165, 1.54) is 20.1 Å². The molecule has 1 unspecified atom stereocenters. The van der Waals surface area contributed by atoms with Crippen LogP contribution in [0.5, 0.6) is 5.75 Å². The highest BCUT2D eigenvalue weighted by Gasteiger charge is 2.34. The third-order valence-corrected chi connectivity index (χ3v) is 4.43.